The third kappa shape index (κ3) is 2.20. The third-order valence-corrected chi connectivity index (χ3v) is 2.81. The molecule has 0 aromatic heterocycles. The average Bonchev–Trinajstić information content (AvgIpc) is 2.28. The van der Waals surface area contributed by atoms with Crippen molar-refractivity contribution in [2.75, 3.05) is 4.90 Å². The largest absolute Gasteiger partial charge is 0.376 e. The van der Waals surface area contributed by atoms with E-state index in [2.05, 4.69) is 0 Å². The Kier molecular flexibility index (Phi) is 3.21. The Morgan fingerprint density at radius 2 is 1.47 bits per heavy atom. The van der Waals surface area contributed by atoms with Gasteiger partial charge in [-0.05, 0) is 35.9 Å². The van der Waals surface area contributed by atoms with Crippen LogP contribution in [-0.4, -0.2) is 10.2 Å². The molecule has 2 rings (SSSR count). The molecule has 0 amide bonds. The SMILES string of the molecule is NC(=S)N(C(N)=S)c1cccc2ccccc12. The van der Waals surface area contributed by atoms with Crippen LogP contribution in [0.4, 0.5) is 5.69 Å². The molecule has 0 radical (unpaired) electrons. The van der Waals surface area contributed by atoms with Crippen LogP contribution in [0.25, 0.3) is 10.8 Å². The van der Waals surface area contributed by atoms with E-state index in [0.717, 1.165) is 16.5 Å². The Morgan fingerprint density at radius 3 is 2.12 bits per heavy atom. The number of nitrogens with zero attached hydrogens (tertiary/aromatic N) is 1. The summed E-state index contributed by atoms with van der Waals surface area (Å²) in [5.74, 6) is 0. The van der Waals surface area contributed by atoms with Gasteiger partial charge in [-0.1, -0.05) is 36.4 Å². The van der Waals surface area contributed by atoms with Crippen LogP contribution in [0.2, 0.25) is 0 Å². The molecule has 86 valence electrons. The third-order valence-electron chi connectivity index (χ3n) is 2.45. The maximum Gasteiger partial charge on any atom is 0.177 e. The van der Waals surface area contributed by atoms with Gasteiger partial charge < -0.3 is 11.5 Å². The fourth-order valence-corrected chi connectivity index (χ4v) is 2.20. The van der Waals surface area contributed by atoms with E-state index in [1.807, 2.05) is 42.5 Å². The molecule has 2 aromatic rings. The van der Waals surface area contributed by atoms with Crippen LogP contribution in [0.5, 0.6) is 0 Å². The second kappa shape index (κ2) is 4.65. The van der Waals surface area contributed by atoms with Crippen molar-refractivity contribution in [2.24, 2.45) is 11.5 Å². The molecule has 0 atom stereocenters. The minimum atomic E-state index is 0.147. The molecule has 5 heteroatoms. The second-order valence-corrected chi connectivity index (χ2v) is 4.35. The predicted octanol–water partition coefficient (Wildman–Crippen LogP) is 2.13. The van der Waals surface area contributed by atoms with Crippen molar-refractivity contribution in [3.63, 3.8) is 0 Å². The Bertz CT molecular complexity index is 576. The lowest BCUT2D eigenvalue weighted by Gasteiger charge is -2.22. The lowest BCUT2D eigenvalue weighted by Crippen LogP contribution is -2.43. The van der Waals surface area contributed by atoms with Crippen molar-refractivity contribution in [1.29, 1.82) is 0 Å². The summed E-state index contributed by atoms with van der Waals surface area (Å²) in [7, 11) is 0. The summed E-state index contributed by atoms with van der Waals surface area (Å²) in [6, 6.07) is 13.7. The van der Waals surface area contributed by atoms with E-state index < -0.39 is 0 Å². The highest BCUT2D eigenvalue weighted by atomic mass is 32.1. The molecule has 0 unspecified atom stereocenters. The number of hydrogen-bond donors (Lipinski definition) is 2. The number of hydrogen-bond acceptors (Lipinski definition) is 2. The van der Waals surface area contributed by atoms with E-state index in [0.29, 0.717) is 0 Å². The van der Waals surface area contributed by atoms with E-state index in [9.17, 15) is 0 Å². The monoisotopic (exact) mass is 261 g/mol. The van der Waals surface area contributed by atoms with Crippen molar-refractivity contribution < 1.29 is 0 Å². The number of nitrogens with two attached hydrogens (primary N) is 2. The number of benzene rings is 2. The summed E-state index contributed by atoms with van der Waals surface area (Å²) in [5.41, 5.74) is 12.1. The molecule has 0 fully saturated rings. The summed E-state index contributed by atoms with van der Waals surface area (Å²) in [6.45, 7) is 0. The molecule has 3 nitrogen and oxygen atoms in total. The van der Waals surface area contributed by atoms with E-state index in [1.54, 1.807) is 0 Å². The van der Waals surface area contributed by atoms with Crippen molar-refractivity contribution in [2.45, 2.75) is 0 Å². The van der Waals surface area contributed by atoms with Gasteiger partial charge in [-0.15, -0.1) is 0 Å². The second-order valence-electron chi connectivity index (χ2n) is 3.51. The van der Waals surface area contributed by atoms with Crippen LogP contribution in [0.15, 0.2) is 42.5 Å². The number of fused-ring (bicyclic) bond motifs is 1. The van der Waals surface area contributed by atoms with Crippen LogP contribution in [0.1, 0.15) is 0 Å². The fraction of sp³-hybridized carbons (Fsp3) is 0. The summed E-state index contributed by atoms with van der Waals surface area (Å²) in [6.07, 6.45) is 0. The van der Waals surface area contributed by atoms with Gasteiger partial charge in [0.25, 0.3) is 0 Å². The zero-order chi connectivity index (χ0) is 12.4. The highest BCUT2D eigenvalue weighted by molar-refractivity contribution is 7.82. The minimum Gasteiger partial charge on any atom is -0.376 e. The highest BCUT2D eigenvalue weighted by Gasteiger charge is 2.14. The molecule has 0 saturated heterocycles. The van der Waals surface area contributed by atoms with Crippen molar-refractivity contribution in [1.82, 2.24) is 0 Å². The van der Waals surface area contributed by atoms with E-state index in [1.165, 1.54) is 4.90 Å². The van der Waals surface area contributed by atoms with Crippen LogP contribution >= 0.6 is 24.4 Å². The molecule has 17 heavy (non-hydrogen) atoms. The molecule has 0 heterocycles. The van der Waals surface area contributed by atoms with Gasteiger partial charge in [-0.2, -0.15) is 0 Å². The molecule has 0 aliphatic carbocycles. The van der Waals surface area contributed by atoms with Crippen molar-refractivity contribution in [3.8, 4) is 0 Å². The molecule has 4 N–H and O–H groups in total. The first-order valence-electron chi connectivity index (χ1n) is 4.98. The van der Waals surface area contributed by atoms with Gasteiger partial charge in [0, 0.05) is 5.39 Å². The number of thiocarbonyl (C=S) groups is 2. The normalized spacial score (nSPS) is 10.1. The van der Waals surface area contributed by atoms with Gasteiger partial charge in [0.2, 0.25) is 0 Å². The number of rotatable bonds is 1. The van der Waals surface area contributed by atoms with Crippen LogP contribution < -0.4 is 16.4 Å². The molecular formula is C12H11N3S2. The molecule has 0 aliphatic heterocycles. The quantitative estimate of drug-likeness (QED) is 0.770. The zero-order valence-corrected chi connectivity index (χ0v) is 10.6. The van der Waals surface area contributed by atoms with Gasteiger partial charge in [0.05, 0.1) is 5.69 Å². The van der Waals surface area contributed by atoms with Gasteiger partial charge in [0.15, 0.2) is 10.2 Å². The Labute approximate surface area is 110 Å². The standard InChI is InChI=1S/C12H11N3S2/c13-11(16)15(12(14)17)10-7-3-5-8-4-1-2-6-9(8)10/h1-7H,(H2,13,16)(H2,14,17). The summed E-state index contributed by atoms with van der Waals surface area (Å²) < 4.78 is 0. The molecule has 0 saturated carbocycles. The first-order valence-corrected chi connectivity index (χ1v) is 5.79. The molecule has 2 aromatic carbocycles. The minimum absolute atomic E-state index is 0.147. The Balaban J connectivity index is 2.69. The Hall–Kier alpha value is -1.72. The van der Waals surface area contributed by atoms with Gasteiger partial charge in [-0.25, -0.2) is 0 Å². The average molecular weight is 261 g/mol. The van der Waals surface area contributed by atoms with E-state index in [4.69, 9.17) is 35.9 Å². The van der Waals surface area contributed by atoms with Crippen LogP contribution in [0, 0.1) is 0 Å². The smallest absolute Gasteiger partial charge is 0.177 e. The van der Waals surface area contributed by atoms with E-state index >= 15 is 0 Å². The van der Waals surface area contributed by atoms with Gasteiger partial charge >= 0.3 is 0 Å². The molecule has 0 spiro atoms. The topological polar surface area (TPSA) is 55.3 Å². The summed E-state index contributed by atoms with van der Waals surface area (Å²) >= 11 is 9.95. The van der Waals surface area contributed by atoms with Crippen LogP contribution in [-0.2, 0) is 0 Å². The van der Waals surface area contributed by atoms with E-state index in [-0.39, 0.29) is 10.2 Å². The van der Waals surface area contributed by atoms with Crippen molar-refractivity contribution >= 4 is 51.1 Å². The lowest BCUT2D eigenvalue weighted by molar-refractivity contribution is 1.42. The maximum atomic E-state index is 5.65. The summed E-state index contributed by atoms with van der Waals surface area (Å²) in [4.78, 5) is 1.49. The predicted molar refractivity (Wildman–Crippen MR) is 80.0 cm³/mol. The molecular weight excluding hydrogens is 250 g/mol. The van der Waals surface area contributed by atoms with Gasteiger partial charge in [-0.3, -0.25) is 4.90 Å². The van der Waals surface area contributed by atoms with Crippen molar-refractivity contribution in [3.05, 3.63) is 42.5 Å². The zero-order valence-electron chi connectivity index (χ0n) is 8.96. The Morgan fingerprint density at radius 1 is 0.882 bits per heavy atom. The lowest BCUT2D eigenvalue weighted by atomic mass is 10.1. The molecule has 0 aliphatic rings. The maximum absolute atomic E-state index is 5.65. The fourth-order valence-electron chi connectivity index (χ4n) is 1.75. The van der Waals surface area contributed by atoms with Crippen LogP contribution in [0.3, 0.4) is 0 Å². The summed E-state index contributed by atoms with van der Waals surface area (Å²) in [5, 5.41) is 2.39. The van der Waals surface area contributed by atoms with Gasteiger partial charge in [0.1, 0.15) is 0 Å². The first-order chi connectivity index (χ1) is 8.11. The highest BCUT2D eigenvalue weighted by Crippen LogP contribution is 2.26. The first kappa shape index (κ1) is 11.8. The number of anilines is 1. The molecule has 0 bridgehead atoms.